The van der Waals surface area contributed by atoms with Crippen molar-refractivity contribution < 1.29 is 9.53 Å². The molecule has 0 unspecified atom stereocenters. The average molecular weight is 246 g/mol. The Hall–Kier alpha value is -0.930. The molecule has 0 saturated carbocycles. The van der Waals surface area contributed by atoms with E-state index in [9.17, 15) is 4.79 Å². The Morgan fingerprint density at radius 2 is 2.00 bits per heavy atom. The van der Waals surface area contributed by atoms with Crippen LogP contribution in [0.15, 0.2) is 12.1 Å². The molecule has 0 aromatic heterocycles. The summed E-state index contributed by atoms with van der Waals surface area (Å²) in [6.07, 6.45) is 0. The molecule has 1 aliphatic heterocycles. The molecule has 0 fully saturated rings. The molecule has 1 aliphatic rings. The quantitative estimate of drug-likeness (QED) is 0.763. The van der Waals surface area contributed by atoms with Crippen molar-refractivity contribution >= 4 is 34.8 Å². The average Bonchev–Trinajstić information content (AvgIpc) is 2.15. The maximum atomic E-state index is 11.6. The molecule has 0 saturated heterocycles. The van der Waals surface area contributed by atoms with Gasteiger partial charge in [-0.25, -0.2) is 0 Å². The number of rotatable bonds is 0. The monoisotopic (exact) mass is 245 g/mol. The number of carbonyl (C=O) groups is 1. The molecular weight excluding hydrogens is 237 g/mol. The topological polar surface area (TPSA) is 38.3 Å². The molecule has 0 bridgehead atoms. The highest BCUT2D eigenvalue weighted by Gasteiger charge is 2.36. The van der Waals surface area contributed by atoms with Gasteiger partial charge in [-0.05, 0) is 26.0 Å². The predicted octanol–water partition coefficient (Wildman–Crippen LogP) is 3.10. The Bertz CT molecular complexity index is 443. The Morgan fingerprint density at radius 1 is 1.33 bits per heavy atom. The Labute approximate surface area is 97.3 Å². The zero-order valence-electron chi connectivity index (χ0n) is 8.23. The van der Waals surface area contributed by atoms with Crippen molar-refractivity contribution in [3.63, 3.8) is 0 Å². The van der Waals surface area contributed by atoms with Crippen LogP contribution in [0.5, 0.6) is 5.75 Å². The minimum atomic E-state index is -0.929. The van der Waals surface area contributed by atoms with E-state index >= 15 is 0 Å². The number of anilines is 1. The third-order valence-electron chi connectivity index (χ3n) is 2.20. The number of nitrogens with one attached hydrogen (secondary N) is 1. The van der Waals surface area contributed by atoms with Crippen LogP contribution >= 0.6 is 23.2 Å². The van der Waals surface area contributed by atoms with Gasteiger partial charge in [0.2, 0.25) is 0 Å². The van der Waals surface area contributed by atoms with Crippen molar-refractivity contribution in [1.82, 2.24) is 0 Å². The number of hydrogen-bond donors (Lipinski definition) is 1. The smallest absolute Gasteiger partial charge is 0.268 e. The first-order valence-electron chi connectivity index (χ1n) is 4.40. The number of amides is 1. The Kier molecular flexibility index (Phi) is 2.32. The summed E-state index contributed by atoms with van der Waals surface area (Å²) in [6.45, 7) is 3.34. The minimum absolute atomic E-state index is 0.201. The summed E-state index contributed by atoms with van der Waals surface area (Å²) in [6, 6.07) is 3.28. The van der Waals surface area contributed by atoms with Crippen LogP contribution in [-0.4, -0.2) is 11.5 Å². The number of benzene rings is 1. The number of ether oxygens (including phenoxy) is 1. The van der Waals surface area contributed by atoms with E-state index < -0.39 is 5.60 Å². The van der Waals surface area contributed by atoms with Crippen LogP contribution in [0, 0.1) is 0 Å². The van der Waals surface area contributed by atoms with Gasteiger partial charge in [-0.1, -0.05) is 23.2 Å². The van der Waals surface area contributed by atoms with Gasteiger partial charge in [-0.15, -0.1) is 0 Å². The van der Waals surface area contributed by atoms with E-state index in [-0.39, 0.29) is 5.91 Å². The van der Waals surface area contributed by atoms with E-state index in [4.69, 9.17) is 27.9 Å². The molecule has 3 nitrogen and oxygen atoms in total. The molecule has 0 spiro atoms. The fourth-order valence-electron chi connectivity index (χ4n) is 1.30. The van der Waals surface area contributed by atoms with Gasteiger partial charge in [-0.2, -0.15) is 0 Å². The highest BCUT2D eigenvalue weighted by atomic mass is 35.5. The van der Waals surface area contributed by atoms with Crippen LogP contribution < -0.4 is 10.1 Å². The second-order valence-electron chi connectivity index (χ2n) is 3.80. The highest BCUT2D eigenvalue weighted by Crippen LogP contribution is 2.42. The van der Waals surface area contributed by atoms with Crippen LogP contribution in [-0.2, 0) is 4.79 Å². The van der Waals surface area contributed by atoms with Crippen molar-refractivity contribution in [1.29, 1.82) is 0 Å². The van der Waals surface area contributed by atoms with Crippen LogP contribution in [0.4, 0.5) is 5.69 Å². The number of halogens is 2. The van der Waals surface area contributed by atoms with Crippen LogP contribution in [0.3, 0.4) is 0 Å². The predicted molar refractivity (Wildman–Crippen MR) is 59.8 cm³/mol. The largest absolute Gasteiger partial charge is 0.474 e. The van der Waals surface area contributed by atoms with E-state index in [2.05, 4.69) is 5.32 Å². The lowest BCUT2D eigenvalue weighted by Gasteiger charge is -2.32. The summed E-state index contributed by atoms with van der Waals surface area (Å²) < 4.78 is 5.51. The van der Waals surface area contributed by atoms with E-state index in [1.54, 1.807) is 26.0 Å². The molecule has 15 heavy (non-hydrogen) atoms. The maximum absolute atomic E-state index is 11.6. The van der Waals surface area contributed by atoms with E-state index in [1.807, 2.05) is 0 Å². The lowest BCUT2D eigenvalue weighted by Crippen LogP contribution is -2.45. The van der Waals surface area contributed by atoms with Gasteiger partial charge >= 0.3 is 0 Å². The van der Waals surface area contributed by atoms with Gasteiger partial charge in [0.25, 0.3) is 5.91 Å². The fraction of sp³-hybridized carbons (Fsp3) is 0.300. The molecule has 80 valence electrons. The molecule has 1 aromatic rings. The van der Waals surface area contributed by atoms with Gasteiger partial charge in [-0.3, -0.25) is 4.79 Å². The fourth-order valence-corrected chi connectivity index (χ4v) is 1.66. The molecule has 1 aromatic carbocycles. The van der Waals surface area contributed by atoms with Gasteiger partial charge < -0.3 is 10.1 Å². The second kappa shape index (κ2) is 3.29. The van der Waals surface area contributed by atoms with Crippen molar-refractivity contribution in [2.75, 3.05) is 5.32 Å². The summed E-state index contributed by atoms with van der Waals surface area (Å²) in [7, 11) is 0. The minimum Gasteiger partial charge on any atom is -0.474 e. The maximum Gasteiger partial charge on any atom is 0.268 e. The zero-order chi connectivity index (χ0) is 11.2. The molecule has 2 rings (SSSR count). The molecule has 1 heterocycles. The molecule has 0 radical (unpaired) electrons. The second-order valence-corrected chi connectivity index (χ2v) is 4.59. The van der Waals surface area contributed by atoms with Crippen molar-refractivity contribution in [3.8, 4) is 5.75 Å². The lowest BCUT2D eigenvalue weighted by atomic mass is 10.1. The van der Waals surface area contributed by atoms with Gasteiger partial charge in [0.15, 0.2) is 11.4 Å². The summed E-state index contributed by atoms with van der Waals surface area (Å²) >= 11 is 11.8. The van der Waals surface area contributed by atoms with Crippen molar-refractivity contribution in [2.24, 2.45) is 0 Å². The summed E-state index contributed by atoms with van der Waals surface area (Å²) in [5.74, 6) is 0.224. The van der Waals surface area contributed by atoms with Crippen LogP contribution in [0.25, 0.3) is 0 Å². The third kappa shape index (κ3) is 1.66. The number of carbonyl (C=O) groups excluding carboxylic acids is 1. The molecule has 1 amide bonds. The van der Waals surface area contributed by atoms with Crippen molar-refractivity contribution in [2.45, 2.75) is 19.4 Å². The highest BCUT2D eigenvalue weighted by molar-refractivity contribution is 6.43. The zero-order valence-corrected chi connectivity index (χ0v) is 9.74. The molecule has 0 atom stereocenters. The van der Waals surface area contributed by atoms with E-state index in [0.29, 0.717) is 21.5 Å². The van der Waals surface area contributed by atoms with Crippen molar-refractivity contribution in [3.05, 3.63) is 22.2 Å². The Morgan fingerprint density at radius 3 is 2.67 bits per heavy atom. The molecule has 0 aliphatic carbocycles. The van der Waals surface area contributed by atoms with Gasteiger partial charge in [0, 0.05) is 0 Å². The summed E-state index contributed by atoms with van der Waals surface area (Å²) in [4.78, 5) is 11.6. The SMILES string of the molecule is CC1(C)Oc2c(ccc(Cl)c2Cl)NC1=O. The third-order valence-corrected chi connectivity index (χ3v) is 2.99. The number of hydrogen-bond acceptors (Lipinski definition) is 2. The normalized spacial score (nSPS) is 17.7. The van der Waals surface area contributed by atoms with E-state index in [0.717, 1.165) is 0 Å². The van der Waals surface area contributed by atoms with Crippen LogP contribution in [0.2, 0.25) is 10.0 Å². The van der Waals surface area contributed by atoms with E-state index in [1.165, 1.54) is 0 Å². The van der Waals surface area contributed by atoms with Crippen LogP contribution in [0.1, 0.15) is 13.8 Å². The van der Waals surface area contributed by atoms with Gasteiger partial charge in [0.1, 0.15) is 5.02 Å². The molecule has 5 heteroatoms. The molecule has 1 N–H and O–H groups in total. The first-order valence-corrected chi connectivity index (χ1v) is 5.16. The van der Waals surface area contributed by atoms with Gasteiger partial charge in [0.05, 0.1) is 10.7 Å². The lowest BCUT2D eigenvalue weighted by molar-refractivity contribution is -0.129. The first-order chi connectivity index (χ1) is 6.92. The standard InChI is InChI=1S/C10H9Cl2NO2/c1-10(2)9(14)13-6-4-3-5(11)7(12)8(6)15-10/h3-4H,1-2H3,(H,13,14). The Balaban J connectivity index is 2.56. The first kappa shape index (κ1) is 10.6. The summed E-state index contributed by atoms with van der Waals surface area (Å²) in [5.41, 5.74) is -0.379. The summed E-state index contributed by atoms with van der Waals surface area (Å²) in [5, 5.41) is 3.44. The molecular formula is C10H9Cl2NO2. The number of fused-ring (bicyclic) bond motifs is 1.